The summed E-state index contributed by atoms with van der Waals surface area (Å²) in [6.45, 7) is 0.490. The molecule has 0 unspecified atom stereocenters. The number of halogens is 1. The van der Waals surface area contributed by atoms with Gasteiger partial charge in [0, 0.05) is 10.5 Å². The molecular weight excluding hydrogens is 328 g/mol. The largest absolute Gasteiger partial charge is 0.488 e. The average molecular weight is 339 g/mol. The normalized spacial score (nSPS) is 10.8. The van der Waals surface area contributed by atoms with E-state index in [1.165, 1.54) is 6.08 Å². The summed E-state index contributed by atoms with van der Waals surface area (Å²) in [5, 5.41) is 10.6. The molecule has 0 aliphatic rings. The number of ether oxygens (including phenoxy) is 1. The third-order valence-electron chi connectivity index (χ3n) is 2.34. The van der Waals surface area contributed by atoms with Crippen LogP contribution in [-0.2, 0) is 11.4 Å². The second-order valence-electron chi connectivity index (χ2n) is 3.72. The maximum atomic E-state index is 10.5. The van der Waals surface area contributed by atoms with Crippen molar-refractivity contribution in [2.75, 3.05) is 0 Å². The first-order valence-corrected chi connectivity index (χ1v) is 7.18. The summed E-state index contributed by atoms with van der Waals surface area (Å²) in [6.07, 6.45) is 2.64. The zero-order valence-electron chi connectivity index (χ0n) is 9.88. The lowest BCUT2D eigenvalue weighted by atomic mass is 10.2. The van der Waals surface area contributed by atoms with Crippen LogP contribution in [0, 0.1) is 0 Å². The molecule has 5 heteroatoms. The summed E-state index contributed by atoms with van der Waals surface area (Å²) >= 11 is 5.07. The van der Waals surface area contributed by atoms with Gasteiger partial charge in [-0.15, -0.1) is 11.3 Å². The van der Waals surface area contributed by atoms with Gasteiger partial charge in [0.2, 0.25) is 0 Å². The van der Waals surface area contributed by atoms with Gasteiger partial charge >= 0.3 is 5.97 Å². The molecule has 0 bridgehead atoms. The van der Waals surface area contributed by atoms with Crippen molar-refractivity contribution in [3.8, 4) is 5.75 Å². The van der Waals surface area contributed by atoms with E-state index in [1.54, 1.807) is 17.4 Å². The number of carboxylic acids is 1. The van der Waals surface area contributed by atoms with E-state index in [9.17, 15) is 4.79 Å². The van der Waals surface area contributed by atoms with Crippen LogP contribution < -0.4 is 4.74 Å². The lowest BCUT2D eigenvalue weighted by Gasteiger charge is -2.05. The van der Waals surface area contributed by atoms with Crippen molar-refractivity contribution in [1.29, 1.82) is 0 Å². The van der Waals surface area contributed by atoms with E-state index in [2.05, 4.69) is 15.9 Å². The molecule has 1 aromatic heterocycles. The van der Waals surface area contributed by atoms with Crippen LogP contribution in [0.5, 0.6) is 5.75 Å². The molecule has 3 nitrogen and oxygen atoms in total. The molecule has 0 aliphatic carbocycles. The van der Waals surface area contributed by atoms with Crippen molar-refractivity contribution in [1.82, 2.24) is 0 Å². The van der Waals surface area contributed by atoms with E-state index in [0.717, 1.165) is 21.0 Å². The lowest BCUT2D eigenvalue weighted by molar-refractivity contribution is -0.131. The highest BCUT2D eigenvalue weighted by Crippen LogP contribution is 2.24. The average Bonchev–Trinajstić information content (AvgIpc) is 2.80. The molecule has 19 heavy (non-hydrogen) atoms. The van der Waals surface area contributed by atoms with Crippen molar-refractivity contribution >= 4 is 39.3 Å². The number of benzene rings is 1. The molecule has 0 saturated heterocycles. The van der Waals surface area contributed by atoms with Gasteiger partial charge < -0.3 is 9.84 Å². The highest BCUT2D eigenvalue weighted by Gasteiger charge is 2.02. The molecule has 0 spiro atoms. The fourth-order valence-electron chi connectivity index (χ4n) is 1.45. The van der Waals surface area contributed by atoms with Crippen molar-refractivity contribution in [3.05, 3.63) is 56.7 Å². The fourth-order valence-corrected chi connectivity index (χ4v) is 2.83. The molecule has 2 rings (SSSR count). The minimum Gasteiger partial charge on any atom is -0.488 e. The van der Waals surface area contributed by atoms with E-state index < -0.39 is 5.97 Å². The topological polar surface area (TPSA) is 46.5 Å². The summed E-state index contributed by atoms with van der Waals surface area (Å²) in [5.41, 5.74) is 0.796. The van der Waals surface area contributed by atoms with E-state index in [1.807, 2.05) is 29.6 Å². The monoisotopic (exact) mass is 338 g/mol. The number of thiophene rings is 1. The van der Waals surface area contributed by atoms with Gasteiger partial charge in [-0.25, -0.2) is 4.79 Å². The summed E-state index contributed by atoms with van der Waals surface area (Å²) in [7, 11) is 0. The molecular formula is C14H11BrO3S. The number of carboxylic acid groups (broad SMARTS) is 1. The smallest absolute Gasteiger partial charge is 0.328 e. The predicted octanol–water partition coefficient (Wildman–Crippen LogP) is 4.19. The first kappa shape index (κ1) is 13.8. The molecule has 0 fully saturated rings. The van der Waals surface area contributed by atoms with Crippen LogP contribution in [0.25, 0.3) is 6.08 Å². The molecule has 1 N–H and O–H groups in total. The molecule has 0 aliphatic heterocycles. The second-order valence-corrected chi connectivity index (χ2v) is 5.58. The van der Waals surface area contributed by atoms with Gasteiger partial charge in [0.15, 0.2) is 0 Å². The van der Waals surface area contributed by atoms with Crippen molar-refractivity contribution in [3.63, 3.8) is 0 Å². The van der Waals surface area contributed by atoms with Gasteiger partial charge in [0.1, 0.15) is 12.4 Å². The minimum atomic E-state index is -0.964. The first-order valence-electron chi connectivity index (χ1n) is 5.51. The summed E-state index contributed by atoms with van der Waals surface area (Å²) in [6, 6.07) is 9.30. The second kappa shape index (κ2) is 6.54. The number of hydrogen-bond acceptors (Lipinski definition) is 3. The standard InChI is InChI=1S/C14H11BrO3S/c15-12-6-7-19-13(12)9-18-11-3-1-2-10(8-11)4-5-14(16)17/h1-8H,9H2,(H,16,17). The van der Waals surface area contributed by atoms with Crippen LogP contribution in [0.1, 0.15) is 10.4 Å². The number of aliphatic carboxylic acids is 1. The molecule has 0 radical (unpaired) electrons. The number of rotatable bonds is 5. The van der Waals surface area contributed by atoms with Gasteiger partial charge in [-0.05, 0) is 51.1 Å². The van der Waals surface area contributed by atoms with Gasteiger partial charge in [-0.1, -0.05) is 12.1 Å². The third-order valence-corrected chi connectivity index (χ3v) is 4.24. The first-order chi connectivity index (χ1) is 9.15. The Balaban J connectivity index is 2.03. The van der Waals surface area contributed by atoms with Gasteiger partial charge in [-0.2, -0.15) is 0 Å². The van der Waals surface area contributed by atoms with E-state index >= 15 is 0 Å². The molecule has 0 amide bonds. The summed E-state index contributed by atoms with van der Waals surface area (Å²) in [5.74, 6) is -0.248. The van der Waals surface area contributed by atoms with Crippen LogP contribution in [0.2, 0.25) is 0 Å². The van der Waals surface area contributed by atoms with Crippen molar-refractivity contribution in [2.24, 2.45) is 0 Å². The Labute approximate surface area is 123 Å². The Morgan fingerprint density at radius 2 is 2.26 bits per heavy atom. The van der Waals surface area contributed by atoms with Crippen LogP contribution in [0.3, 0.4) is 0 Å². The zero-order valence-corrected chi connectivity index (χ0v) is 12.3. The van der Waals surface area contributed by atoms with Gasteiger partial charge in [0.25, 0.3) is 0 Å². The molecule has 1 aromatic carbocycles. The Kier molecular flexibility index (Phi) is 4.76. The highest BCUT2D eigenvalue weighted by atomic mass is 79.9. The SMILES string of the molecule is O=C(O)C=Cc1cccc(OCc2sccc2Br)c1. The quantitative estimate of drug-likeness (QED) is 0.831. The molecule has 0 saturated carbocycles. The maximum Gasteiger partial charge on any atom is 0.328 e. The lowest BCUT2D eigenvalue weighted by Crippen LogP contribution is -1.93. The van der Waals surface area contributed by atoms with Gasteiger partial charge in [-0.3, -0.25) is 0 Å². The minimum absolute atomic E-state index is 0.490. The number of hydrogen-bond donors (Lipinski definition) is 1. The summed E-state index contributed by atoms with van der Waals surface area (Å²) < 4.78 is 6.72. The number of carbonyl (C=O) groups is 1. The molecule has 0 atom stereocenters. The van der Waals surface area contributed by atoms with Gasteiger partial charge in [0.05, 0.1) is 4.88 Å². The van der Waals surface area contributed by atoms with Crippen LogP contribution in [-0.4, -0.2) is 11.1 Å². The maximum absolute atomic E-state index is 10.5. The van der Waals surface area contributed by atoms with E-state index in [4.69, 9.17) is 9.84 Å². The Hall–Kier alpha value is -1.59. The highest BCUT2D eigenvalue weighted by molar-refractivity contribution is 9.10. The molecule has 2 aromatic rings. The van der Waals surface area contributed by atoms with Crippen molar-refractivity contribution in [2.45, 2.75) is 6.61 Å². The van der Waals surface area contributed by atoms with E-state index in [-0.39, 0.29) is 0 Å². The Morgan fingerprint density at radius 3 is 2.95 bits per heavy atom. The molecule has 98 valence electrons. The van der Waals surface area contributed by atoms with Crippen molar-refractivity contribution < 1.29 is 14.6 Å². The fraction of sp³-hybridized carbons (Fsp3) is 0.0714. The Bertz CT molecular complexity index is 604. The van der Waals surface area contributed by atoms with Crippen LogP contribution in [0.15, 0.2) is 46.3 Å². The Morgan fingerprint density at radius 1 is 1.42 bits per heavy atom. The summed E-state index contributed by atoms with van der Waals surface area (Å²) in [4.78, 5) is 11.6. The van der Waals surface area contributed by atoms with E-state index in [0.29, 0.717) is 12.4 Å². The van der Waals surface area contributed by atoms with Crippen LogP contribution >= 0.6 is 27.3 Å². The molecule has 1 heterocycles. The van der Waals surface area contributed by atoms with Crippen LogP contribution in [0.4, 0.5) is 0 Å². The predicted molar refractivity (Wildman–Crippen MR) is 79.5 cm³/mol. The zero-order chi connectivity index (χ0) is 13.7. The third kappa shape index (κ3) is 4.22.